The number of rotatable bonds is 13. The predicted molar refractivity (Wildman–Crippen MR) is 270 cm³/mol. The number of anilines is 2. The molecule has 10 nitrogen and oxygen atoms in total. The second-order valence-electron chi connectivity index (χ2n) is 18.8. The number of nitrogens with zero attached hydrogens (tertiary/aromatic N) is 2. The Morgan fingerprint density at radius 1 is 0.838 bits per heavy atom. The number of methoxy groups -OCH3 is 1. The zero-order valence-electron chi connectivity index (χ0n) is 39.4. The van der Waals surface area contributed by atoms with Crippen LogP contribution in [0.4, 0.5) is 11.4 Å². The molecule has 6 aromatic carbocycles. The molecular formula is C58H59N3O7. The van der Waals surface area contributed by atoms with Crippen molar-refractivity contribution in [3.8, 4) is 33.8 Å². The molecule has 1 N–H and O–H groups in total. The maximum absolute atomic E-state index is 12.8. The van der Waals surface area contributed by atoms with Crippen molar-refractivity contribution in [2.45, 2.75) is 50.7 Å². The van der Waals surface area contributed by atoms with Gasteiger partial charge >= 0.3 is 5.97 Å². The summed E-state index contributed by atoms with van der Waals surface area (Å²) in [4.78, 5) is 29.3. The summed E-state index contributed by atoms with van der Waals surface area (Å²) in [6.45, 7) is 14.6. The monoisotopic (exact) mass is 909 g/mol. The molecule has 10 heteroatoms. The van der Waals surface area contributed by atoms with E-state index in [0.717, 1.165) is 90.3 Å². The van der Waals surface area contributed by atoms with E-state index >= 15 is 0 Å². The first-order chi connectivity index (χ1) is 33.1. The molecule has 1 aliphatic carbocycles. The Hall–Kier alpha value is -6.88. The van der Waals surface area contributed by atoms with E-state index in [1.54, 1.807) is 14.0 Å². The van der Waals surface area contributed by atoms with Crippen LogP contribution < -0.4 is 24.6 Å². The van der Waals surface area contributed by atoms with Crippen LogP contribution >= 0.6 is 0 Å². The molecule has 0 aromatic heterocycles. The quantitative estimate of drug-likeness (QED) is 0.0690. The maximum Gasteiger partial charge on any atom is 0.333 e. The average molecular weight is 910 g/mol. The maximum atomic E-state index is 12.8. The molecule has 0 saturated carbocycles. The van der Waals surface area contributed by atoms with Gasteiger partial charge in [-0.15, -0.1) is 0 Å². The lowest BCUT2D eigenvalue weighted by atomic mass is 9.76. The largest absolute Gasteiger partial charge is 0.495 e. The summed E-state index contributed by atoms with van der Waals surface area (Å²) in [5.74, 6) is 0.809. The van der Waals surface area contributed by atoms with Gasteiger partial charge < -0.3 is 38.8 Å². The van der Waals surface area contributed by atoms with E-state index in [1.807, 2.05) is 0 Å². The van der Waals surface area contributed by atoms with E-state index < -0.39 is 11.6 Å². The molecular weight excluding hydrogens is 851 g/mol. The van der Waals surface area contributed by atoms with Gasteiger partial charge in [0.1, 0.15) is 24.7 Å². The summed E-state index contributed by atoms with van der Waals surface area (Å²) in [6.07, 6.45) is 6.08. The first-order valence-corrected chi connectivity index (χ1v) is 23.8. The second kappa shape index (κ2) is 18.7. The molecule has 2 fully saturated rings. The Morgan fingerprint density at radius 3 is 2.31 bits per heavy atom. The van der Waals surface area contributed by atoms with Crippen LogP contribution in [0, 0.1) is 0 Å². The predicted octanol–water partition coefficient (Wildman–Crippen LogP) is 10.2. The summed E-state index contributed by atoms with van der Waals surface area (Å²) in [6, 6.07) is 41.4. The third-order valence-electron chi connectivity index (χ3n) is 14.1. The highest BCUT2D eigenvalue weighted by Gasteiger charge is 2.45. The Morgan fingerprint density at radius 2 is 1.57 bits per heavy atom. The lowest BCUT2D eigenvalue weighted by Crippen LogP contribution is -2.41. The minimum atomic E-state index is -0.931. The second-order valence-corrected chi connectivity index (χ2v) is 18.8. The van der Waals surface area contributed by atoms with E-state index in [2.05, 4.69) is 163 Å². The lowest BCUT2D eigenvalue weighted by Gasteiger charge is -2.39. The van der Waals surface area contributed by atoms with Crippen molar-refractivity contribution >= 4 is 40.1 Å². The number of morpholine rings is 1. The molecule has 348 valence electrons. The summed E-state index contributed by atoms with van der Waals surface area (Å²) < 4.78 is 31.1. The van der Waals surface area contributed by atoms with Crippen molar-refractivity contribution in [1.29, 1.82) is 0 Å². The number of esters is 1. The van der Waals surface area contributed by atoms with Gasteiger partial charge in [-0.05, 0) is 94.9 Å². The smallest absolute Gasteiger partial charge is 0.333 e. The minimum absolute atomic E-state index is 0.0656. The molecule has 0 radical (unpaired) electrons. The first-order valence-electron chi connectivity index (χ1n) is 23.8. The molecule has 3 aliphatic heterocycles. The van der Waals surface area contributed by atoms with Crippen molar-refractivity contribution in [1.82, 2.24) is 5.32 Å². The van der Waals surface area contributed by atoms with Gasteiger partial charge in [-0.2, -0.15) is 0 Å². The zero-order valence-corrected chi connectivity index (χ0v) is 39.4. The lowest BCUT2D eigenvalue weighted by molar-refractivity contribution is -0.139. The summed E-state index contributed by atoms with van der Waals surface area (Å²) >= 11 is 0. The molecule has 4 aliphatic rings. The standard InChI is InChI=1S/C58H59N3O7/c1-38(2)56(63)66-30-26-59-52(62)37-67-44-17-12-27-61(36-44)50-34-47-48(35-51(50)64-5)55-46(54-53(47)45-23-18-40(33-49(45)57(54,3)4)39-13-8-6-9-14-39)24-25-58(68-55,41-15-10-7-11-16-41)42-19-21-43(22-20-42)60-28-31-65-32-29-60/h6-11,13-16,18-25,33-35,44H,1,12,17,26-32,36-37H2,2-5H3,(H,59,62). The van der Waals surface area contributed by atoms with Gasteiger partial charge in [0.05, 0.1) is 38.7 Å². The van der Waals surface area contributed by atoms with Crippen LogP contribution in [0.1, 0.15) is 61.4 Å². The average Bonchev–Trinajstić information content (AvgIpc) is 3.62. The van der Waals surface area contributed by atoms with Gasteiger partial charge in [0, 0.05) is 64.9 Å². The SMILES string of the molecule is C=C(C)C(=O)OCCNC(=O)COC1CCCN(c2cc3c4c(c5c(c3cc2OC)OC(c2ccccc2)(c2ccc(N3CCOCC3)cc2)C=C5)C(C)(C)c2cc(-c3ccccc3)ccc2-4)C1. The van der Waals surface area contributed by atoms with Gasteiger partial charge in [0.25, 0.3) is 0 Å². The Kier molecular flexibility index (Phi) is 12.3. The Bertz CT molecular complexity index is 2910. The van der Waals surface area contributed by atoms with Gasteiger partial charge in [0.2, 0.25) is 5.91 Å². The van der Waals surface area contributed by atoms with Crippen LogP contribution in [-0.2, 0) is 34.8 Å². The number of piperidine rings is 1. The number of hydrogen-bond acceptors (Lipinski definition) is 9. The van der Waals surface area contributed by atoms with Crippen LogP contribution in [0.15, 0.2) is 133 Å². The topological polar surface area (TPSA) is 98.8 Å². The van der Waals surface area contributed by atoms with Crippen LogP contribution in [0.25, 0.3) is 39.1 Å². The van der Waals surface area contributed by atoms with Gasteiger partial charge in [0.15, 0.2) is 5.60 Å². The first kappa shape index (κ1) is 44.9. The summed E-state index contributed by atoms with van der Waals surface area (Å²) in [5, 5.41) is 4.85. The highest BCUT2D eigenvalue weighted by molar-refractivity contribution is 6.10. The van der Waals surface area contributed by atoms with Crippen molar-refractivity contribution < 1.29 is 33.3 Å². The van der Waals surface area contributed by atoms with Crippen molar-refractivity contribution in [2.24, 2.45) is 0 Å². The molecule has 3 heterocycles. The van der Waals surface area contributed by atoms with Crippen LogP contribution in [-0.4, -0.2) is 84.2 Å². The number of carbonyl (C=O) groups excluding carboxylic acids is 2. The van der Waals surface area contributed by atoms with Crippen LogP contribution in [0.5, 0.6) is 11.5 Å². The molecule has 10 rings (SSSR count). The molecule has 68 heavy (non-hydrogen) atoms. The normalized spacial score (nSPS) is 19.1. The van der Waals surface area contributed by atoms with E-state index in [4.69, 9.17) is 23.7 Å². The molecule has 1 amide bonds. The summed E-state index contributed by atoms with van der Waals surface area (Å²) in [5.41, 5.74) is 11.6. The van der Waals surface area contributed by atoms with Gasteiger partial charge in [-0.3, -0.25) is 4.79 Å². The molecule has 2 atom stereocenters. The third kappa shape index (κ3) is 8.30. The summed E-state index contributed by atoms with van der Waals surface area (Å²) in [7, 11) is 1.73. The molecule has 6 aromatic rings. The fraction of sp³-hybridized carbons (Fsp3) is 0.310. The van der Waals surface area contributed by atoms with Crippen molar-refractivity contribution in [3.05, 3.63) is 161 Å². The van der Waals surface area contributed by atoms with Crippen LogP contribution in [0.3, 0.4) is 0 Å². The Labute approximate surface area is 399 Å². The number of amides is 1. The van der Waals surface area contributed by atoms with E-state index in [-0.39, 0.29) is 37.2 Å². The number of hydrogen-bond donors (Lipinski definition) is 1. The fourth-order valence-electron chi connectivity index (χ4n) is 10.6. The minimum Gasteiger partial charge on any atom is -0.495 e. The van der Waals surface area contributed by atoms with Gasteiger partial charge in [-0.25, -0.2) is 4.79 Å². The number of carbonyl (C=O) groups is 2. The Balaban J connectivity index is 1.06. The van der Waals surface area contributed by atoms with Gasteiger partial charge in [-0.1, -0.05) is 111 Å². The zero-order chi connectivity index (χ0) is 47.0. The highest BCUT2D eigenvalue weighted by atomic mass is 16.5. The fourth-order valence-corrected chi connectivity index (χ4v) is 10.6. The number of fused-ring (bicyclic) bond motifs is 8. The number of benzene rings is 6. The third-order valence-corrected chi connectivity index (χ3v) is 14.1. The van der Waals surface area contributed by atoms with E-state index in [9.17, 15) is 9.59 Å². The molecule has 2 unspecified atom stereocenters. The van der Waals surface area contributed by atoms with Crippen molar-refractivity contribution in [3.63, 3.8) is 0 Å². The van der Waals surface area contributed by atoms with E-state index in [1.165, 1.54) is 39.1 Å². The number of nitrogens with one attached hydrogen (secondary N) is 1. The molecule has 2 saturated heterocycles. The number of ether oxygens (including phenoxy) is 5. The molecule has 0 bridgehead atoms. The van der Waals surface area contributed by atoms with E-state index in [0.29, 0.717) is 12.1 Å². The molecule has 0 spiro atoms. The highest BCUT2D eigenvalue weighted by Crippen LogP contribution is 2.59. The van der Waals surface area contributed by atoms with Crippen molar-refractivity contribution in [2.75, 3.05) is 76.1 Å². The van der Waals surface area contributed by atoms with Crippen LogP contribution in [0.2, 0.25) is 0 Å².